The van der Waals surface area contributed by atoms with Gasteiger partial charge in [-0.2, -0.15) is 13.2 Å². The first-order valence-electron chi connectivity index (χ1n) is 9.49. The lowest BCUT2D eigenvalue weighted by atomic mass is 10.2. The maximum absolute atomic E-state index is 12.6. The van der Waals surface area contributed by atoms with Crippen LogP contribution in [0.5, 0.6) is 0 Å². The van der Waals surface area contributed by atoms with Gasteiger partial charge in [0, 0.05) is 51.0 Å². The standard InChI is InChI=1S/C20H22F3N5O2/c21-20(22,23)15-6-7-17(25-14-15)27-10-12-28(13-11-27)18(29)8-9-24-19(30)26-16-4-2-1-3-5-16/h1-7,14H,8-13H2,(H2,24,26,30). The Bertz CT molecular complexity index is 851. The normalized spacial score (nSPS) is 14.4. The van der Waals surface area contributed by atoms with Crippen molar-refractivity contribution in [2.24, 2.45) is 0 Å². The lowest BCUT2D eigenvalue weighted by Crippen LogP contribution is -2.49. The SMILES string of the molecule is O=C(NCCC(=O)N1CCN(c2ccc(C(F)(F)F)cn2)CC1)Nc1ccccc1. The molecule has 2 heterocycles. The van der Waals surface area contributed by atoms with Crippen LogP contribution in [0.4, 0.5) is 29.5 Å². The van der Waals surface area contributed by atoms with Crippen LogP contribution >= 0.6 is 0 Å². The lowest BCUT2D eigenvalue weighted by molar-refractivity contribution is -0.137. The van der Waals surface area contributed by atoms with Crippen molar-refractivity contribution >= 4 is 23.4 Å². The second kappa shape index (κ2) is 9.47. The third-order valence-corrected chi connectivity index (χ3v) is 4.69. The number of nitrogens with one attached hydrogen (secondary N) is 2. The van der Waals surface area contributed by atoms with Crippen LogP contribution in [0.15, 0.2) is 48.7 Å². The molecule has 10 heteroatoms. The lowest BCUT2D eigenvalue weighted by Gasteiger charge is -2.35. The van der Waals surface area contributed by atoms with Crippen molar-refractivity contribution < 1.29 is 22.8 Å². The van der Waals surface area contributed by atoms with Gasteiger partial charge in [-0.05, 0) is 24.3 Å². The van der Waals surface area contributed by atoms with E-state index in [4.69, 9.17) is 0 Å². The molecule has 30 heavy (non-hydrogen) atoms. The number of carbonyl (C=O) groups is 2. The number of piperazine rings is 1. The fraction of sp³-hybridized carbons (Fsp3) is 0.350. The molecule has 1 aromatic carbocycles. The number of benzene rings is 1. The number of amides is 3. The van der Waals surface area contributed by atoms with Crippen LogP contribution in [-0.4, -0.2) is 54.5 Å². The van der Waals surface area contributed by atoms with E-state index in [0.717, 1.165) is 12.3 Å². The van der Waals surface area contributed by atoms with Crippen molar-refractivity contribution in [3.63, 3.8) is 0 Å². The summed E-state index contributed by atoms with van der Waals surface area (Å²) in [5, 5.41) is 5.32. The van der Waals surface area contributed by atoms with Crippen LogP contribution in [0.25, 0.3) is 0 Å². The summed E-state index contributed by atoms with van der Waals surface area (Å²) in [6.45, 7) is 2.05. The molecule has 1 saturated heterocycles. The predicted molar refractivity (Wildman–Crippen MR) is 106 cm³/mol. The molecule has 0 spiro atoms. The number of nitrogens with zero attached hydrogens (tertiary/aromatic N) is 3. The highest BCUT2D eigenvalue weighted by Gasteiger charge is 2.31. The number of hydrogen-bond acceptors (Lipinski definition) is 4. The van der Waals surface area contributed by atoms with Crippen molar-refractivity contribution in [1.29, 1.82) is 0 Å². The zero-order valence-electron chi connectivity index (χ0n) is 16.2. The Labute approximate surface area is 171 Å². The van der Waals surface area contributed by atoms with Gasteiger partial charge in [-0.25, -0.2) is 9.78 Å². The second-order valence-corrected chi connectivity index (χ2v) is 6.77. The summed E-state index contributed by atoms with van der Waals surface area (Å²) < 4.78 is 37.9. The zero-order valence-corrected chi connectivity index (χ0v) is 16.2. The smallest absolute Gasteiger partial charge is 0.353 e. The number of aromatic nitrogens is 1. The van der Waals surface area contributed by atoms with Gasteiger partial charge >= 0.3 is 12.2 Å². The van der Waals surface area contributed by atoms with E-state index in [1.54, 1.807) is 29.2 Å². The van der Waals surface area contributed by atoms with E-state index < -0.39 is 11.7 Å². The summed E-state index contributed by atoms with van der Waals surface area (Å²) in [6, 6.07) is 10.9. The Kier molecular flexibility index (Phi) is 6.76. The van der Waals surface area contributed by atoms with Crippen LogP contribution in [0, 0.1) is 0 Å². The van der Waals surface area contributed by atoms with Gasteiger partial charge in [0.05, 0.1) is 5.56 Å². The maximum atomic E-state index is 12.6. The van der Waals surface area contributed by atoms with Crippen molar-refractivity contribution in [3.8, 4) is 0 Å². The van der Waals surface area contributed by atoms with E-state index in [1.165, 1.54) is 6.07 Å². The molecule has 3 rings (SSSR count). The first kappa shape index (κ1) is 21.4. The van der Waals surface area contributed by atoms with Gasteiger partial charge in [0.1, 0.15) is 5.82 Å². The highest BCUT2D eigenvalue weighted by atomic mass is 19.4. The number of para-hydroxylation sites is 1. The summed E-state index contributed by atoms with van der Waals surface area (Å²) in [4.78, 5) is 31.6. The number of urea groups is 1. The van der Waals surface area contributed by atoms with E-state index in [0.29, 0.717) is 37.7 Å². The van der Waals surface area contributed by atoms with Crippen molar-refractivity contribution in [3.05, 3.63) is 54.2 Å². The summed E-state index contributed by atoms with van der Waals surface area (Å²) in [6.07, 6.45) is -3.43. The number of anilines is 2. The molecule has 0 unspecified atom stereocenters. The van der Waals surface area contributed by atoms with Crippen LogP contribution < -0.4 is 15.5 Å². The van der Waals surface area contributed by atoms with Gasteiger partial charge in [0.15, 0.2) is 0 Å². The molecule has 0 bridgehead atoms. The number of rotatable bonds is 5. The molecule has 0 aliphatic carbocycles. The van der Waals surface area contributed by atoms with Gasteiger partial charge in [-0.3, -0.25) is 4.79 Å². The molecular weight excluding hydrogens is 399 g/mol. The molecule has 2 N–H and O–H groups in total. The largest absolute Gasteiger partial charge is 0.417 e. The first-order valence-corrected chi connectivity index (χ1v) is 9.49. The molecule has 0 atom stereocenters. The summed E-state index contributed by atoms with van der Waals surface area (Å²) in [5.41, 5.74) is -0.127. The minimum atomic E-state index is -4.41. The Morgan fingerprint density at radius 1 is 1.00 bits per heavy atom. The molecule has 160 valence electrons. The predicted octanol–water partition coefficient (Wildman–Crippen LogP) is 2.96. The summed E-state index contributed by atoms with van der Waals surface area (Å²) >= 11 is 0. The number of hydrogen-bond donors (Lipinski definition) is 2. The molecule has 0 saturated carbocycles. The molecule has 1 aliphatic rings. The zero-order chi connectivity index (χ0) is 21.6. The van der Waals surface area contributed by atoms with Crippen LogP contribution in [0.1, 0.15) is 12.0 Å². The Hall–Kier alpha value is -3.30. The number of halogens is 3. The number of carbonyl (C=O) groups excluding carboxylic acids is 2. The number of pyridine rings is 1. The molecule has 3 amide bonds. The maximum Gasteiger partial charge on any atom is 0.417 e. The quantitative estimate of drug-likeness (QED) is 0.778. The van der Waals surface area contributed by atoms with Gasteiger partial charge in [-0.1, -0.05) is 18.2 Å². The fourth-order valence-corrected chi connectivity index (χ4v) is 3.06. The first-order chi connectivity index (χ1) is 14.3. The van der Waals surface area contributed by atoms with Gasteiger partial charge < -0.3 is 20.4 Å². The molecule has 1 aliphatic heterocycles. The van der Waals surface area contributed by atoms with Gasteiger partial charge in [-0.15, -0.1) is 0 Å². The summed E-state index contributed by atoms with van der Waals surface area (Å²) in [5.74, 6) is 0.365. The highest BCUT2D eigenvalue weighted by Crippen LogP contribution is 2.29. The Balaban J connectivity index is 1.39. The van der Waals surface area contributed by atoms with Gasteiger partial charge in [0.25, 0.3) is 0 Å². The topological polar surface area (TPSA) is 77.6 Å². The van der Waals surface area contributed by atoms with E-state index in [-0.39, 0.29) is 24.9 Å². The molecule has 1 aromatic heterocycles. The van der Waals surface area contributed by atoms with Gasteiger partial charge in [0.2, 0.25) is 5.91 Å². The number of alkyl halides is 3. The average Bonchev–Trinajstić information content (AvgIpc) is 2.74. The van der Waals surface area contributed by atoms with Crippen LogP contribution in [0.2, 0.25) is 0 Å². The molecule has 1 fully saturated rings. The van der Waals surface area contributed by atoms with Crippen LogP contribution in [-0.2, 0) is 11.0 Å². The van der Waals surface area contributed by atoms with Crippen molar-refractivity contribution in [1.82, 2.24) is 15.2 Å². The second-order valence-electron chi connectivity index (χ2n) is 6.77. The molecular formula is C20H22F3N5O2. The van der Waals surface area contributed by atoms with E-state index in [1.807, 2.05) is 11.0 Å². The summed E-state index contributed by atoms with van der Waals surface area (Å²) in [7, 11) is 0. The minimum Gasteiger partial charge on any atom is -0.353 e. The van der Waals surface area contributed by atoms with Crippen LogP contribution in [0.3, 0.4) is 0 Å². The van der Waals surface area contributed by atoms with E-state index >= 15 is 0 Å². The Morgan fingerprint density at radius 2 is 1.70 bits per heavy atom. The third-order valence-electron chi connectivity index (χ3n) is 4.69. The van der Waals surface area contributed by atoms with E-state index in [2.05, 4.69) is 15.6 Å². The molecule has 0 radical (unpaired) electrons. The fourth-order valence-electron chi connectivity index (χ4n) is 3.06. The monoisotopic (exact) mass is 421 g/mol. The van der Waals surface area contributed by atoms with E-state index in [9.17, 15) is 22.8 Å². The third kappa shape index (κ3) is 5.85. The highest BCUT2D eigenvalue weighted by molar-refractivity contribution is 5.89. The minimum absolute atomic E-state index is 0.0879. The molecule has 7 nitrogen and oxygen atoms in total. The Morgan fingerprint density at radius 3 is 2.30 bits per heavy atom. The van der Waals surface area contributed by atoms with Crippen molar-refractivity contribution in [2.75, 3.05) is 42.9 Å². The average molecular weight is 421 g/mol. The molecule has 2 aromatic rings. The van der Waals surface area contributed by atoms with Crippen molar-refractivity contribution in [2.45, 2.75) is 12.6 Å².